The first-order valence-electron chi connectivity index (χ1n) is 6.60. The number of halogens is 2. The standard InChI is InChI=1S/C16H12BrFN2O/c17-15-11(10-19)6-7-13(16(15)18)20-8-3-9-21-14-5-2-1-4-12(14)20/h1-2,4-7H,3,8-9H2. The molecule has 0 fully saturated rings. The highest BCUT2D eigenvalue weighted by Crippen LogP contribution is 2.39. The van der Waals surface area contributed by atoms with Crippen molar-refractivity contribution in [2.24, 2.45) is 0 Å². The third-order valence-corrected chi connectivity index (χ3v) is 4.19. The summed E-state index contributed by atoms with van der Waals surface area (Å²) in [5, 5.41) is 8.97. The molecular weight excluding hydrogens is 335 g/mol. The van der Waals surface area contributed by atoms with Crippen molar-refractivity contribution < 1.29 is 9.13 Å². The number of anilines is 2. The van der Waals surface area contributed by atoms with Crippen LogP contribution < -0.4 is 9.64 Å². The average molecular weight is 347 g/mol. The molecule has 3 rings (SSSR count). The van der Waals surface area contributed by atoms with Gasteiger partial charge in [0.05, 0.1) is 28.0 Å². The van der Waals surface area contributed by atoms with Gasteiger partial charge in [0, 0.05) is 6.54 Å². The normalized spacial score (nSPS) is 13.9. The minimum atomic E-state index is -0.425. The Morgan fingerprint density at radius 2 is 2.00 bits per heavy atom. The predicted octanol–water partition coefficient (Wildman–Crippen LogP) is 4.38. The quantitative estimate of drug-likeness (QED) is 0.768. The number of nitrogens with zero attached hydrogens (tertiary/aromatic N) is 2. The fraction of sp³-hybridized carbons (Fsp3) is 0.188. The van der Waals surface area contributed by atoms with Gasteiger partial charge in [0.25, 0.3) is 0 Å². The smallest absolute Gasteiger partial charge is 0.162 e. The lowest BCUT2D eigenvalue weighted by molar-refractivity contribution is 0.322. The zero-order valence-corrected chi connectivity index (χ0v) is 12.7. The van der Waals surface area contributed by atoms with Crippen molar-refractivity contribution in [2.45, 2.75) is 6.42 Å². The Balaban J connectivity index is 2.13. The minimum absolute atomic E-state index is 0.199. The van der Waals surface area contributed by atoms with E-state index in [2.05, 4.69) is 15.9 Å². The van der Waals surface area contributed by atoms with Crippen molar-refractivity contribution in [3.05, 3.63) is 52.3 Å². The molecule has 0 radical (unpaired) electrons. The number of hydrogen-bond acceptors (Lipinski definition) is 3. The van der Waals surface area contributed by atoms with Gasteiger partial charge in [-0.15, -0.1) is 0 Å². The van der Waals surface area contributed by atoms with Gasteiger partial charge < -0.3 is 9.64 Å². The van der Waals surface area contributed by atoms with Gasteiger partial charge in [-0.2, -0.15) is 5.26 Å². The van der Waals surface area contributed by atoms with Gasteiger partial charge in [0.2, 0.25) is 0 Å². The lowest BCUT2D eigenvalue weighted by atomic mass is 10.1. The molecular formula is C16H12BrFN2O. The largest absolute Gasteiger partial charge is 0.491 e. The van der Waals surface area contributed by atoms with E-state index in [1.165, 1.54) is 0 Å². The first-order valence-corrected chi connectivity index (χ1v) is 7.39. The van der Waals surface area contributed by atoms with Crippen molar-refractivity contribution >= 4 is 27.3 Å². The Morgan fingerprint density at radius 3 is 2.81 bits per heavy atom. The number of hydrogen-bond donors (Lipinski definition) is 0. The molecule has 0 saturated heterocycles. The van der Waals surface area contributed by atoms with Crippen LogP contribution in [0.15, 0.2) is 40.9 Å². The summed E-state index contributed by atoms with van der Waals surface area (Å²) in [6, 6.07) is 12.8. The molecule has 1 aliphatic heterocycles. The molecule has 0 aromatic heterocycles. The number of benzene rings is 2. The van der Waals surface area contributed by atoms with Gasteiger partial charge in [0.1, 0.15) is 11.8 Å². The number of nitriles is 1. The van der Waals surface area contributed by atoms with Crippen molar-refractivity contribution in [3.8, 4) is 11.8 Å². The van der Waals surface area contributed by atoms with Crippen molar-refractivity contribution in [3.63, 3.8) is 0 Å². The second-order valence-corrected chi connectivity index (χ2v) is 5.49. The number of fused-ring (bicyclic) bond motifs is 1. The zero-order valence-electron chi connectivity index (χ0n) is 11.1. The lowest BCUT2D eigenvalue weighted by Gasteiger charge is -2.24. The molecule has 0 spiro atoms. The van der Waals surface area contributed by atoms with Gasteiger partial charge in [-0.1, -0.05) is 12.1 Å². The second-order valence-electron chi connectivity index (χ2n) is 4.69. The summed E-state index contributed by atoms with van der Waals surface area (Å²) in [6.07, 6.45) is 0.797. The van der Waals surface area contributed by atoms with Crippen molar-refractivity contribution in [1.29, 1.82) is 5.26 Å². The van der Waals surface area contributed by atoms with E-state index in [0.717, 1.165) is 17.9 Å². The summed E-state index contributed by atoms with van der Waals surface area (Å²) in [7, 11) is 0. The fourth-order valence-corrected chi connectivity index (χ4v) is 2.84. The van der Waals surface area contributed by atoms with Crippen LogP contribution in [0.4, 0.5) is 15.8 Å². The summed E-state index contributed by atoms with van der Waals surface area (Å²) < 4.78 is 20.5. The molecule has 0 saturated carbocycles. The molecule has 0 atom stereocenters. The predicted molar refractivity (Wildman–Crippen MR) is 82.4 cm³/mol. The third kappa shape index (κ3) is 2.47. The second kappa shape index (κ2) is 5.74. The highest BCUT2D eigenvalue weighted by molar-refractivity contribution is 9.10. The van der Waals surface area contributed by atoms with Gasteiger partial charge >= 0.3 is 0 Å². The van der Waals surface area contributed by atoms with E-state index in [1.54, 1.807) is 12.1 Å². The molecule has 106 valence electrons. The van der Waals surface area contributed by atoms with E-state index in [9.17, 15) is 4.39 Å². The van der Waals surface area contributed by atoms with Crippen LogP contribution in [0.25, 0.3) is 0 Å². The van der Waals surface area contributed by atoms with Crippen LogP contribution in [0.1, 0.15) is 12.0 Å². The zero-order chi connectivity index (χ0) is 14.8. The first kappa shape index (κ1) is 13.9. The average Bonchev–Trinajstić information content (AvgIpc) is 2.72. The number of para-hydroxylation sites is 2. The topological polar surface area (TPSA) is 36.3 Å². The molecule has 3 nitrogen and oxygen atoms in total. The van der Waals surface area contributed by atoms with E-state index in [-0.39, 0.29) is 10.0 Å². The Morgan fingerprint density at radius 1 is 1.19 bits per heavy atom. The molecule has 2 aromatic rings. The molecule has 0 N–H and O–H groups in total. The van der Waals surface area contributed by atoms with Gasteiger partial charge in [-0.05, 0) is 46.6 Å². The van der Waals surface area contributed by atoms with Gasteiger partial charge in [-0.25, -0.2) is 4.39 Å². The van der Waals surface area contributed by atoms with E-state index >= 15 is 0 Å². The summed E-state index contributed by atoms with van der Waals surface area (Å²) in [5.41, 5.74) is 1.57. The molecule has 21 heavy (non-hydrogen) atoms. The fourth-order valence-electron chi connectivity index (χ4n) is 2.41. The molecule has 0 bridgehead atoms. The third-order valence-electron chi connectivity index (χ3n) is 3.41. The van der Waals surface area contributed by atoms with Crippen LogP contribution in [0.3, 0.4) is 0 Å². The van der Waals surface area contributed by atoms with E-state index in [1.807, 2.05) is 35.2 Å². The summed E-state index contributed by atoms with van der Waals surface area (Å²) in [4.78, 5) is 1.89. The lowest BCUT2D eigenvalue weighted by Crippen LogP contribution is -2.19. The molecule has 0 amide bonds. The van der Waals surface area contributed by atoms with Crippen LogP contribution in [0.2, 0.25) is 0 Å². The molecule has 1 aliphatic rings. The Labute approximate surface area is 130 Å². The maximum atomic E-state index is 14.6. The van der Waals surface area contributed by atoms with E-state index in [4.69, 9.17) is 10.00 Å². The Bertz CT molecular complexity index is 727. The van der Waals surface area contributed by atoms with Gasteiger partial charge in [-0.3, -0.25) is 0 Å². The van der Waals surface area contributed by atoms with Crippen LogP contribution in [0.5, 0.6) is 5.75 Å². The SMILES string of the molecule is N#Cc1ccc(N2CCCOc3ccccc32)c(F)c1Br. The van der Waals surface area contributed by atoms with Gasteiger partial charge in [0.15, 0.2) is 5.82 Å². The summed E-state index contributed by atoms with van der Waals surface area (Å²) in [6.45, 7) is 1.26. The molecule has 5 heteroatoms. The number of rotatable bonds is 1. The minimum Gasteiger partial charge on any atom is -0.491 e. The molecule has 2 aromatic carbocycles. The molecule has 1 heterocycles. The summed E-state index contributed by atoms with van der Waals surface area (Å²) >= 11 is 3.16. The van der Waals surface area contributed by atoms with Crippen molar-refractivity contribution in [1.82, 2.24) is 0 Å². The maximum absolute atomic E-state index is 14.6. The van der Waals surface area contributed by atoms with E-state index in [0.29, 0.717) is 18.8 Å². The Kier molecular flexibility index (Phi) is 3.80. The number of ether oxygens (including phenoxy) is 1. The maximum Gasteiger partial charge on any atom is 0.162 e. The van der Waals surface area contributed by atoms with Crippen LogP contribution >= 0.6 is 15.9 Å². The summed E-state index contributed by atoms with van der Waals surface area (Å²) in [5.74, 6) is 0.320. The van der Waals surface area contributed by atoms with Crippen LogP contribution in [-0.4, -0.2) is 13.2 Å². The highest BCUT2D eigenvalue weighted by Gasteiger charge is 2.22. The monoisotopic (exact) mass is 346 g/mol. The molecule has 0 aliphatic carbocycles. The first-order chi connectivity index (χ1) is 10.2. The highest BCUT2D eigenvalue weighted by atomic mass is 79.9. The van der Waals surface area contributed by atoms with Crippen molar-refractivity contribution in [2.75, 3.05) is 18.1 Å². The van der Waals surface area contributed by atoms with Crippen LogP contribution in [0, 0.1) is 17.1 Å². The van der Waals surface area contributed by atoms with E-state index < -0.39 is 5.82 Å². The van der Waals surface area contributed by atoms with Crippen LogP contribution in [-0.2, 0) is 0 Å². The molecule has 0 unspecified atom stereocenters. The Hall–Kier alpha value is -2.06.